The first-order valence-corrected chi connectivity index (χ1v) is 7.14. The summed E-state index contributed by atoms with van der Waals surface area (Å²) in [6.07, 6.45) is 0.112. The number of nitrogens with zero attached hydrogens (tertiary/aromatic N) is 1. The van der Waals surface area contributed by atoms with E-state index < -0.39 is 6.04 Å². The molecule has 0 aromatic heterocycles. The zero-order valence-corrected chi connectivity index (χ0v) is 13.3. The van der Waals surface area contributed by atoms with Crippen molar-refractivity contribution in [3.63, 3.8) is 0 Å². The number of halogens is 2. The van der Waals surface area contributed by atoms with Crippen molar-refractivity contribution in [3.8, 4) is 0 Å². The zero-order chi connectivity index (χ0) is 15.2. The van der Waals surface area contributed by atoms with Gasteiger partial charge in [-0.15, -0.1) is 12.4 Å². The second-order valence-corrected chi connectivity index (χ2v) is 5.02. The van der Waals surface area contributed by atoms with Crippen LogP contribution in [0.3, 0.4) is 0 Å². The van der Waals surface area contributed by atoms with Crippen molar-refractivity contribution in [1.82, 2.24) is 15.5 Å². The standard InChI is InChI=1S/C15H20FN3O2.ClH/c1-2-17-14(20)9-13-15(21)19(8-7-18-13)10-11-5-3-4-6-12(11)16;/h3-6,13,18H,2,7-10H2,1H3,(H,17,20);1H. The van der Waals surface area contributed by atoms with E-state index in [2.05, 4.69) is 10.6 Å². The first-order chi connectivity index (χ1) is 10.1. The second kappa shape index (κ2) is 8.70. The van der Waals surface area contributed by atoms with Gasteiger partial charge < -0.3 is 15.5 Å². The smallest absolute Gasteiger partial charge is 0.240 e. The Bertz CT molecular complexity index is 527. The van der Waals surface area contributed by atoms with Gasteiger partial charge in [-0.25, -0.2) is 4.39 Å². The van der Waals surface area contributed by atoms with Gasteiger partial charge in [0, 0.05) is 31.7 Å². The van der Waals surface area contributed by atoms with Crippen LogP contribution in [0.2, 0.25) is 0 Å². The highest BCUT2D eigenvalue weighted by Gasteiger charge is 2.30. The van der Waals surface area contributed by atoms with E-state index in [1.807, 2.05) is 6.92 Å². The summed E-state index contributed by atoms with van der Waals surface area (Å²) in [6.45, 7) is 3.72. The van der Waals surface area contributed by atoms with Gasteiger partial charge in [-0.2, -0.15) is 0 Å². The van der Waals surface area contributed by atoms with Gasteiger partial charge in [0.25, 0.3) is 0 Å². The molecule has 1 heterocycles. The summed E-state index contributed by atoms with van der Waals surface area (Å²) in [5.41, 5.74) is 0.490. The Kier molecular flexibility index (Phi) is 7.27. The fourth-order valence-electron chi connectivity index (χ4n) is 2.40. The molecule has 22 heavy (non-hydrogen) atoms. The summed E-state index contributed by atoms with van der Waals surface area (Å²) < 4.78 is 13.7. The molecule has 0 saturated carbocycles. The van der Waals surface area contributed by atoms with Crippen LogP contribution in [0.4, 0.5) is 4.39 Å². The third-order valence-corrected chi connectivity index (χ3v) is 3.46. The van der Waals surface area contributed by atoms with Crippen LogP contribution < -0.4 is 10.6 Å². The summed E-state index contributed by atoms with van der Waals surface area (Å²) in [7, 11) is 0. The highest BCUT2D eigenvalue weighted by molar-refractivity contribution is 5.88. The Labute approximate surface area is 135 Å². The molecule has 2 N–H and O–H groups in total. The summed E-state index contributed by atoms with van der Waals surface area (Å²) in [6, 6.07) is 5.89. The minimum Gasteiger partial charge on any atom is -0.356 e. The highest BCUT2D eigenvalue weighted by Crippen LogP contribution is 2.13. The van der Waals surface area contributed by atoms with E-state index in [0.717, 1.165) is 0 Å². The number of benzene rings is 1. The molecule has 1 fully saturated rings. The Hall–Kier alpha value is -1.66. The van der Waals surface area contributed by atoms with Crippen molar-refractivity contribution in [1.29, 1.82) is 0 Å². The maximum absolute atomic E-state index is 13.7. The third-order valence-electron chi connectivity index (χ3n) is 3.46. The molecule has 2 rings (SSSR count). The monoisotopic (exact) mass is 329 g/mol. The van der Waals surface area contributed by atoms with Crippen LogP contribution in [-0.2, 0) is 16.1 Å². The fraction of sp³-hybridized carbons (Fsp3) is 0.467. The molecule has 0 aliphatic carbocycles. The molecule has 1 unspecified atom stereocenters. The molecule has 1 atom stereocenters. The zero-order valence-electron chi connectivity index (χ0n) is 12.5. The molecule has 5 nitrogen and oxygen atoms in total. The van der Waals surface area contributed by atoms with Crippen molar-refractivity contribution in [2.45, 2.75) is 25.9 Å². The predicted octanol–water partition coefficient (Wildman–Crippen LogP) is 1.07. The number of rotatable bonds is 5. The topological polar surface area (TPSA) is 61.4 Å². The molecular formula is C15H21ClFN3O2. The van der Waals surface area contributed by atoms with Crippen LogP contribution in [0.5, 0.6) is 0 Å². The Morgan fingerprint density at radius 3 is 2.86 bits per heavy atom. The van der Waals surface area contributed by atoms with Gasteiger partial charge in [0.15, 0.2) is 0 Å². The number of hydrogen-bond donors (Lipinski definition) is 2. The average Bonchev–Trinajstić information content (AvgIpc) is 2.46. The predicted molar refractivity (Wildman–Crippen MR) is 84.2 cm³/mol. The third kappa shape index (κ3) is 4.68. The Morgan fingerprint density at radius 2 is 2.18 bits per heavy atom. The molecule has 0 radical (unpaired) electrons. The highest BCUT2D eigenvalue weighted by atomic mass is 35.5. The first kappa shape index (κ1) is 18.4. The molecular weight excluding hydrogens is 309 g/mol. The summed E-state index contributed by atoms with van der Waals surface area (Å²) in [5, 5.41) is 5.72. The van der Waals surface area contributed by atoms with Crippen molar-refractivity contribution in [2.75, 3.05) is 19.6 Å². The molecule has 1 aromatic rings. The van der Waals surface area contributed by atoms with Crippen molar-refractivity contribution >= 4 is 24.2 Å². The maximum atomic E-state index is 13.7. The average molecular weight is 330 g/mol. The van der Waals surface area contributed by atoms with Crippen molar-refractivity contribution in [3.05, 3.63) is 35.6 Å². The molecule has 2 amide bonds. The summed E-state index contributed by atoms with van der Waals surface area (Å²) >= 11 is 0. The minimum absolute atomic E-state index is 0. The van der Waals surface area contributed by atoms with Crippen LogP contribution in [0.1, 0.15) is 18.9 Å². The number of nitrogens with one attached hydrogen (secondary N) is 2. The van der Waals surface area contributed by atoms with E-state index in [4.69, 9.17) is 0 Å². The Morgan fingerprint density at radius 1 is 1.45 bits per heavy atom. The normalized spacial score (nSPS) is 17.8. The lowest BCUT2D eigenvalue weighted by Crippen LogP contribution is -2.55. The lowest BCUT2D eigenvalue weighted by atomic mass is 10.1. The number of amides is 2. The summed E-state index contributed by atoms with van der Waals surface area (Å²) in [5.74, 6) is -0.629. The lowest BCUT2D eigenvalue weighted by Gasteiger charge is -2.33. The van der Waals surface area contributed by atoms with Gasteiger partial charge in [0.05, 0.1) is 12.5 Å². The van der Waals surface area contributed by atoms with Gasteiger partial charge in [-0.05, 0) is 13.0 Å². The van der Waals surface area contributed by atoms with E-state index in [9.17, 15) is 14.0 Å². The first-order valence-electron chi connectivity index (χ1n) is 7.14. The van der Waals surface area contributed by atoms with Gasteiger partial charge in [0.1, 0.15) is 5.82 Å². The summed E-state index contributed by atoms with van der Waals surface area (Å²) in [4.78, 5) is 25.5. The van der Waals surface area contributed by atoms with Crippen LogP contribution in [-0.4, -0.2) is 42.4 Å². The van der Waals surface area contributed by atoms with Gasteiger partial charge in [-0.1, -0.05) is 18.2 Å². The van der Waals surface area contributed by atoms with E-state index in [0.29, 0.717) is 25.2 Å². The number of piperazine rings is 1. The van der Waals surface area contributed by atoms with Gasteiger partial charge >= 0.3 is 0 Å². The molecule has 1 aliphatic heterocycles. The van der Waals surface area contributed by atoms with E-state index in [1.54, 1.807) is 23.1 Å². The van der Waals surface area contributed by atoms with Crippen LogP contribution in [0, 0.1) is 5.82 Å². The van der Waals surface area contributed by atoms with E-state index >= 15 is 0 Å². The van der Waals surface area contributed by atoms with Crippen LogP contribution in [0.25, 0.3) is 0 Å². The second-order valence-electron chi connectivity index (χ2n) is 5.02. The molecule has 0 spiro atoms. The molecule has 122 valence electrons. The van der Waals surface area contributed by atoms with Crippen LogP contribution in [0.15, 0.2) is 24.3 Å². The quantitative estimate of drug-likeness (QED) is 0.849. The van der Waals surface area contributed by atoms with Crippen molar-refractivity contribution in [2.24, 2.45) is 0 Å². The number of carbonyl (C=O) groups excluding carboxylic acids is 2. The van der Waals surface area contributed by atoms with E-state index in [-0.39, 0.29) is 43.0 Å². The molecule has 1 aromatic carbocycles. The van der Waals surface area contributed by atoms with Crippen LogP contribution >= 0.6 is 12.4 Å². The largest absolute Gasteiger partial charge is 0.356 e. The maximum Gasteiger partial charge on any atom is 0.240 e. The Balaban J connectivity index is 0.00000242. The van der Waals surface area contributed by atoms with Gasteiger partial charge in [0.2, 0.25) is 11.8 Å². The molecule has 0 bridgehead atoms. The van der Waals surface area contributed by atoms with Crippen molar-refractivity contribution < 1.29 is 14.0 Å². The van der Waals surface area contributed by atoms with Gasteiger partial charge in [-0.3, -0.25) is 9.59 Å². The fourth-order valence-corrected chi connectivity index (χ4v) is 2.40. The SMILES string of the molecule is CCNC(=O)CC1NCCN(Cc2ccccc2F)C1=O.Cl. The van der Waals surface area contributed by atoms with E-state index in [1.165, 1.54) is 6.07 Å². The molecule has 1 aliphatic rings. The molecule has 1 saturated heterocycles. The lowest BCUT2D eigenvalue weighted by molar-refractivity contribution is -0.138. The molecule has 7 heteroatoms. The minimum atomic E-state index is -0.530. The number of hydrogen-bond acceptors (Lipinski definition) is 3. The number of carbonyl (C=O) groups is 2.